The summed E-state index contributed by atoms with van der Waals surface area (Å²) in [5.74, 6) is 2.03. The maximum atomic E-state index is 6.04. The molecule has 0 N–H and O–H groups in total. The predicted molar refractivity (Wildman–Crippen MR) is 79.9 cm³/mol. The summed E-state index contributed by atoms with van der Waals surface area (Å²) in [7, 11) is 0. The van der Waals surface area contributed by atoms with Gasteiger partial charge in [-0.25, -0.2) is 15.0 Å². The Kier molecular flexibility index (Phi) is 3.40. The van der Waals surface area contributed by atoms with Crippen LogP contribution in [0.15, 0.2) is 30.5 Å². The summed E-state index contributed by atoms with van der Waals surface area (Å²) >= 11 is 6.04. The third-order valence-electron chi connectivity index (χ3n) is 3.33. The third kappa shape index (κ3) is 2.27. The number of aryl methyl sites for hydroxylation is 2. The van der Waals surface area contributed by atoms with Gasteiger partial charge in [0.15, 0.2) is 0 Å². The van der Waals surface area contributed by atoms with Crippen molar-refractivity contribution in [3.05, 3.63) is 53.4 Å². The summed E-state index contributed by atoms with van der Waals surface area (Å²) in [4.78, 5) is 13.2. The molecule has 0 bridgehead atoms. The standard InChI is InChI=1S/C15H15ClN4/c1-10-4-3-5-13-15(10)19-14(8-16)20(13)9-12-6-7-17-11(2)18-12/h3-7H,8-9H2,1-2H3. The van der Waals surface area contributed by atoms with Gasteiger partial charge in [0, 0.05) is 6.20 Å². The molecule has 2 aromatic heterocycles. The van der Waals surface area contributed by atoms with Gasteiger partial charge in [0.25, 0.3) is 0 Å². The number of nitrogens with zero attached hydrogens (tertiary/aromatic N) is 4. The van der Waals surface area contributed by atoms with Crippen LogP contribution in [0.25, 0.3) is 11.0 Å². The van der Waals surface area contributed by atoms with Crippen molar-refractivity contribution in [2.75, 3.05) is 0 Å². The van der Waals surface area contributed by atoms with Gasteiger partial charge in [0.05, 0.1) is 29.2 Å². The number of alkyl halides is 1. The number of fused-ring (bicyclic) bond motifs is 1. The first-order chi connectivity index (χ1) is 9.69. The molecule has 0 amide bonds. The van der Waals surface area contributed by atoms with Crippen molar-refractivity contribution in [2.45, 2.75) is 26.3 Å². The Bertz CT molecular complexity index is 764. The lowest BCUT2D eigenvalue weighted by Gasteiger charge is -2.07. The number of para-hydroxylation sites is 1. The molecule has 1 aromatic carbocycles. The first-order valence-electron chi connectivity index (χ1n) is 6.48. The fourth-order valence-electron chi connectivity index (χ4n) is 2.37. The van der Waals surface area contributed by atoms with Gasteiger partial charge in [0.1, 0.15) is 11.6 Å². The minimum atomic E-state index is 0.387. The summed E-state index contributed by atoms with van der Waals surface area (Å²) in [5, 5.41) is 0. The van der Waals surface area contributed by atoms with E-state index in [-0.39, 0.29) is 0 Å². The molecule has 0 aliphatic carbocycles. The molecule has 0 fully saturated rings. The average molecular weight is 287 g/mol. The van der Waals surface area contributed by atoms with Crippen molar-refractivity contribution in [1.29, 1.82) is 0 Å². The number of imidazole rings is 1. The van der Waals surface area contributed by atoms with Crippen LogP contribution in [-0.2, 0) is 12.4 Å². The smallest absolute Gasteiger partial charge is 0.125 e. The summed E-state index contributed by atoms with van der Waals surface area (Å²) < 4.78 is 2.12. The quantitative estimate of drug-likeness (QED) is 0.694. The number of hydrogen-bond acceptors (Lipinski definition) is 3. The Hall–Kier alpha value is -1.94. The van der Waals surface area contributed by atoms with Crippen molar-refractivity contribution in [1.82, 2.24) is 19.5 Å². The van der Waals surface area contributed by atoms with Crippen LogP contribution in [0, 0.1) is 13.8 Å². The molecule has 3 rings (SSSR count). The van der Waals surface area contributed by atoms with E-state index in [9.17, 15) is 0 Å². The highest BCUT2D eigenvalue weighted by Gasteiger charge is 2.12. The van der Waals surface area contributed by atoms with Crippen LogP contribution in [0.2, 0.25) is 0 Å². The van der Waals surface area contributed by atoms with Crippen LogP contribution in [0.1, 0.15) is 22.9 Å². The number of aromatic nitrogens is 4. The second kappa shape index (κ2) is 5.21. The van der Waals surface area contributed by atoms with Crippen molar-refractivity contribution < 1.29 is 0 Å². The molecule has 0 saturated heterocycles. The molecule has 0 spiro atoms. The van der Waals surface area contributed by atoms with E-state index in [4.69, 9.17) is 11.6 Å². The molecular weight excluding hydrogens is 272 g/mol. The minimum Gasteiger partial charge on any atom is -0.321 e. The number of rotatable bonds is 3. The topological polar surface area (TPSA) is 43.6 Å². The molecular formula is C15H15ClN4. The van der Waals surface area contributed by atoms with Crippen LogP contribution < -0.4 is 0 Å². The molecule has 0 unspecified atom stereocenters. The summed E-state index contributed by atoms with van der Waals surface area (Å²) in [6.07, 6.45) is 1.78. The van der Waals surface area contributed by atoms with Gasteiger partial charge in [0.2, 0.25) is 0 Å². The summed E-state index contributed by atoms with van der Waals surface area (Å²) in [6, 6.07) is 8.09. The fourth-order valence-corrected chi connectivity index (χ4v) is 2.57. The molecule has 3 aromatic rings. The van der Waals surface area contributed by atoms with Crippen molar-refractivity contribution in [2.24, 2.45) is 0 Å². The van der Waals surface area contributed by atoms with E-state index in [0.717, 1.165) is 33.9 Å². The maximum absolute atomic E-state index is 6.04. The highest BCUT2D eigenvalue weighted by atomic mass is 35.5. The highest BCUT2D eigenvalue weighted by molar-refractivity contribution is 6.16. The highest BCUT2D eigenvalue weighted by Crippen LogP contribution is 2.21. The molecule has 0 saturated carbocycles. The van der Waals surface area contributed by atoms with Gasteiger partial charge in [-0.05, 0) is 31.5 Å². The Balaban J connectivity index is 2.12. The average Bonchev–Trinajstić information content (AvgIpc) is 2.79. The molecule has 102 valence electrons. The van der Waals surface area contributed by atoms with Crippen LogP contribution in [0.4, 0.5) is 0 Å². The molecule has 0 atom stereocenters. The second-order valence-corrected chi connectivity index (χ2v) is 5.05. The fraction of sp³-hybridized carbons (Fsp3) is 0.267. The van der Waals surface area contributed by atoms with Crippen LogP contribution >= 0.6 is 11.6 Å². The zero-order valence-corrected chi connectivity index (χ0v) is 12.2. The molecule has 5 heteroatoms. The Labute approximate surface area is 122 Å². The van der Waals surface area contributed by atoms with E-state index in [2.05, 4.69) is 38.6 Å². The SMILES string of the molecule is Cc1nccc(Cn2c(CCl)nc3c(C)cccc32)n1. The van der Waals surface area contributed by atoms with Gasteiger partial charge >= 0.3 is 0 Å². The monoisotopic (exact) mass is 286 g/mol. The normalized spacial score (nSPS) is 11.2. The number of hydrogen-bond donors (Lipinski definition) is 0. The lowest BCUT2D eigenvalue weighted by atomic mass is 10.2. The van der Waals surface area contributed by atoms with Crippen molar-refractivity contribution in [3.8, 4) is 0 Å². The van der Waals surface area contributed by atoms with Gasteiger partial charge < -0.3 is 4.57 Å². The van der Waals surface area contributed by atoms with Crippen LogP contribution in [0.5, 0.6) is 0 Å². The molecule has 0 radical (unpaired) electrons. The minimum absolute atomic E-state index is 0.387. The summed E-state index contributed by atoms with van der Waals surface area (Å²) in [6.45, 7) is 4.61. The number of halogens is 1. The lowest BCUT2D eigenvalue weighted by molar-refractivity contribution is 0.749. The summed E-state index contributed by atoms with van der Waals surface area (Å²) in [5.41, 5.74) is 4.22. The predicted octanol–water partition coefficient (Wildman–Crippen LogP) is 3.23. The van der Waals surface area contributed by atoms with Gasteiger partial charge in [-0.1, -0.05) is 12.1 Å². The van der Waals surface area contributed by atoms with E-state index in [0.29, 0.717) is 12.4 Å². The molecule has 0 aliphatic rings. The first kappa shape index (κ1) is 13.1. The second-order valence-electron chi connectivity index (χ2n) is 4.79. The molecule has 0 aliphatic heterocycles. The Morgan fingerprint density at radius 3 is 2.75 bits per heavy atom. The van der Waals surface area contributed by atoms with E-state index < -0.39 is 0 Å². The molecule has 20 heavy (non-hydrogen) atoms. The zero-order valence-electron chi connectivity index (χ0n) is 11.5. The molecule has 4 nitrogen and oxygen atoms in total. The van der Waals surface area contributed by atoms with Crippen molar-refractivity contribution >= 4 is 22.6 Å². The lowest BCUT2D eigenvalue weighted by Crippen LogP contribution is -2.06. The van der Waals surface area contributed by atoms with Gasteiger partial charge in [-0.2, -0.15) is 0 Å². The van der Waals surface area contributed by atoms with Gasteiger partial charge in [-0.3, -0.25) is 0 Å². The number of benzene rings is 1. The van der Waals surface area contributed by atoms with E-state index in [1.54, 1.807) is 6.20 Å². The van der Waals surface area contributed by atoms with E-state index in [1.807, 2.05) is 19.1 Å². The Morgan fingerprint density at radius 2 is 2.00 bits per heavy atom. The van der Waals surface area contributed by atoms with E-state index >= 15 is 0 Å². The van der Waals surface area contributed by atoms with Gasteiger partial charge in [-0.15, -0.1) is 11.6 Å². The van der Waals surface area contributed by atoms with Crippen molar-refractivity contribution in [3.63, 3.8) is 0 Å². The van der Waals surface area contributed by atoms with Crippen LogP contribution in [-0.4, -0.2) is 19.5 Å². The largest absolute Gasteiger partial charge is 0.321 e. The zero-order chi connectivity index (χ0) is 14.1. The third-order valence-corrected chi connectivity index (χ3v) is 3.57. The van der Waals surface area contributed by atoms with Crippen LogP contribution in [0.3, 0.4) is 0 Å². The molecule has 2 heterocycles. The Morgan fingerprint density at radius 1 is 1.15 bits per heavy atom. The maximum Gasteiger partial charge on any atom is 0.125 e. The first-order valence-corrected chi connectivity index (χ1v) is 7.01. The van der Waals surface area contributed by atoms with E-state index in [1.165, 1.54) is 0 Å².